The molecular formula is C12H11F2N3. The average Bonchev–Trinajstić information content (AvgIpc) is 2.80. The molecule has 0 amide bonds. The predicted octanol–water partition coefficient (Wildman–Crippen LogP) is 1.92. The van der Waals surface area contributed by atoms with Gasteiger partial charge in [-0.05, 0) is 18.2 Å². The van der Waals surface area contributed by atoms with Gasteiger partial charge in [-0.25, -0.2) is 13.8 Å². The average molecular weight is 235 g/mol. The minimum atomic E-state index is -0.439. The zero-order valence-electron chi connectivity index (χ0n) is 9.00. The van der Waals surface area contributed by atoms with Gasteiger partial charge >= 0.3 is 0 Å². The van der Waals surface area contributed by atoms with Crippen molar-refractivity contribution in [2.45, 2.75) is 12.5 Å². The minimum absolute atomic E-state index is 0.304. The molecule has 0 aliphatic carbocycles. The summed E-state index contributed by atoms with van der Waals surface area (Å²) in [4.78, 5) is 7.20. The molecule has 2 heterocycles. The molecule has 1 aromatic carbocycles. The number of halogens is 2. The lowest BCUT2D eigenvalue weighted by atomic mass is 9.97. The number of aromatic nitrogens is 2. The second kappa shape index (κ2) is 3.92. The Bertz CT molecular complexity index is 550. The Labute approximate surface area is 96.9 Å². The lowest BCUT2D eigenvalue weighted by Gasteiger charge is -2.23. The summed E-state index contributed by atoms with van der Waals surface area (Å²) in [5.74, 6) is -0.856. The molecule has 3 nitrogen and oxygen atoms in total. The van der Waals surface area contributed by atoms with Gasteiger partial charge in [0, 0.05) is 24.2 Å². The Balaban J connectivity index is 2.09. The molecule has 88 valence electrons. The fraction of sp³-hybridized carbons (Fsp3) is 0.250. The van der Waals surface area contributed by atoms with Crippen LogP contribution in [-0.2, 0) is 6.42 Å². The molecule has 0 bridgehead atoms. The van der Waals surface area contributed by atoms with Crippen molar-refractivity contribution in [2.75, 3.05) is 6.54 Å². The zero-order valence-corrected chi connectivity index (χ0v) is 9.00. The Morgan fingerprint density at radius 1 is 1.29 bits per heavy atom. The lowest BCUT2D eigenvalue weighted by molar-refractivity contribution is 0.511. The fourth-order valence-electron chi connectivity index (χ4n) is 2.21. The molecule has 0 saturated carbocycles. The van der Waals surface area contributed by atoms with E-state index in [9.17, 15) is 8.78 Å². The second-order valence-electron chi connectivity index (χ2n) is 4.07. The second-order valence-corrected chi connectivity index (χ2v) is 4.07. The Kier molecular flexibility index (Phi) is 2.40. The SMILES string of the molecule is Fc1ccc(F)c([C@H]2NCCc3[nH]cnc32)c1. The number of nitrogens with zero attached hydrogens (tertiary/aromatic N) is 1. The van der Waals surface area contributed by atoms with E-state index in [1.54, 1.807) is 6.33 Å². The third kappa shape index (κ3) is 1.72. The summed E-state index contributed by atoms with van der Waals surface area (Å²) in [6.07, 6.45) is 2.41. The molecule has 0 radical (unpaired) electrons. The van der Waals surface area contributed by atoms with Crippen molar-refractivity contribution >= 4 is 0 Å². The zero-order chi connectivity index (χ0) is 11.8. The van der Waals surface area contributed by atoms with Crippen LogP contribution < -0.4 is 5.32 Å². The number of imidazole rings is 1. The molecule has 1 atom stereocenters. The van der Waals surface area contributed by atoms with Crippen LogP contribution in [0.4, 0.5) is 8.78 Å². The van der Waals surface area contributed by atoms with E-state index in [4.69, 9.17) is 0 Å². The van der Waals surface area contributed by atoms with Crippen molar-refractivity contribution in [3.63, 3.8) is 0 Å². The largest absolute Gasteiger partial charge is 0.348 e. The Morgan fingerprint density at radius 3 is 3.06 bits per heavy atom. The summed E-state index contributed by atoms with van der Waals surface area (Å²) in [6, 6.07) is 3.11. The summed E-state index contributed by atoms with van der Waals surface area (Å²) < 4.78 is 26.9. The van der Waals surface area contributed by atoms with Crippen LogP contribution >= 0.6 is 0 Å². The van der Waals surface area contributed by atoms with Gasteiger partial charge in [0.2, 0.25) is 0 Å². The van der Waals surface area contributed by atoms with Gasteiger partial charge in [0.05, 0.1) is 18.1 Å². The van der Waals surface area contributed by atoms with E-state index in [-0.39, 0.29) is 6.04 Å². The van der Waals surface area contributed by atoms with E-state index < -0.39 is 11.6 Å². The van der Waals surface area contributed by atoms with Crippen molar-refractivity contribution in [2.24, 2.45) is 0 Å². The lowest BCUT2D eigenvalue weighted by Crippen LogP contribution is -2.31. The number of hydrogen-bond donors (Lipinski definition) is 2. The topological polar surface area (TPSA) is 40.7 Å². The van der Waals surface area contributed by atoms with E-state index >= 15 is 0 Å². The van der Waals surface area contributed by atoms with Crippen LogP contribution in [0.15, 0.2) is 24.5 Å². The van der Waals surface area contributed by atoms with Crippen LogP contribution in [-0.4, -0.2) is 16.5 Å². The van der Waals surface area contributed by atoms with Crippen molar-refractivity contribution in [1.82, 2.24) is 15.3 Å². The molecule has 0 unspecified atom stereocenters. The number of benzene rings is 1. The number of nitrogens with one attached hydrogen (secondary N) is 2. The van der Waals surface area contributed by atoms with Gasteiger partial charge in [-0.1, -0.05) is 0 Å². The third-order valence-corrected chi connectivity index (χ3v) is 3.02. The van der Waals surface area contributed by atoms with Gasteiger partial charge < -0.3 is 10.3 Å². The molecule has 0 spiro atoms. The van der Waals surface area contributed by atoms with E-state index in [0.29, 0.717) is 5.56 Å². The molecule has 17 heavy (non-hydrogen) atoms. The van der Waals surface area contributed by atoms with Gasteiger partial charge in [-0.15, -0.1) is 0 Å². The highest BCUT2D eigenvalue weighted by Gasteiger charge is 2.26. The first-order valence-corrected chi connectivity index (χ1v) is 5.46. The first kappa shape index (κ1) is 10.4. The molecule has 0 fully saturated rings. The maximum absolute atomic E-state index is 13.7. The summed E-state index contributed by atoms with van der Waals surface area (Å²) in [5.41, 5.74) is 2.04. The summed E-state index contributed by atoms with van der Waals surface area (Å²) in [5, 5.41) is 3.16. The number of aromatic amines is 1. The maximum Gasteiger partial charge on any atom is 0.128 e. The highest BCUT2D eigenvalue weighted by atomic mass is 19.1. The molecule has 5 heteroatoms. The molecule has 2 N–H and O–H groups in total. The molecule has 1 aromatic heterocycles. The van der Waals surface area contributed by atoms with Crippen molar-refractivity contribution in [3.8, 4) is 0 Å². The van der Waals surface area contributed by atoms with Gasteiger partial charge in [0.15, 0.2) is 0 Å². The Morgan fingerprint density at radius 2 is 2.18 bits per heavy atom. The standard InChI is InChI=1S/C12H11F2N3/c13-7-1-2-9(14)8(5-7)11-12-10(3-4-15-11)16-6-17-12/h1-2,5-6,11,15H,3-4H2,(H,16,17)/t11-/m1/s1. The highest BCUT2D eigenvalue weighted by Crippen LogP contribution is 2.28. The van der Waals surface area contributed by atoms with Crippen LogP contribution in [0.25, 0.3) is 0 Å². The van der Waals surface area contributed by atoms with Gasteiger partial charge in [0.25, 0.3) is 0 Å². The smallest absolute Gasteiger partial charge is 0.128 e. The Hall–Kier alpha value is -1.75. The number of H-pyrrole nitrogens is 1. The normalized spacial score (nSPS) is 19.1. The van der Waals surface area contributed by atoms with Gasteiger partial charge in [-0.2, -0.15) is 0 Å². The first-order chi connectivity index (χ1) is 8.25. The van der Waals surface area contributed by atoms with Crippen molar-refractivity contribution in [1.29, 1.82) is 0 Å². The summed E-state index contributed by atoms with van der Waals surface area (Å²) in [7, 11) is 0. The van der Waals surface area contributed by atoms with E-state index in [0.717, 1.165) is 36.5 Å². The molecule has 3 rings (SSSR count). The molecule has 1 aliphatic rings. The van der Waals surface area contributed by atoms with Crippen LogP contribution in [0, 0.1) is 11.6 Å². The first-order valence-electron chi connectivity index (χ1n) is 5.46. The van der Waals surface area contributed by atoms with E-state index in [1.807, 2.05) is 0 Å². The van der Waals surface area contributed by atoms with Gasteiger partial charge in [-0.3, -0.25) is 0 Å². The van der Waals surface area contributed by atoms with Crippen LogP contribution in [0.5, 0.6) is 0 Å². The third-order valence-electron chi connectivity index (χ3n) is 3.02. The van der Waals surface area contributed by atoms with E-state index in [1.165, 1.54) is 6.07 Å². The molecular weight excluding hydrogens is 224 g/mol. The maximum atomic E-state index is 13.7. The fourth-order valence-corrected chi connectivity index (χ4v) is 2.21. The summed E-state index contributed by atoms with van der Waals surface area (Å²) in [6.45, 7) is 0.718. The van der Waals surface area contributed by atoms with Crippen molar-refractivity contribution < 1.29 is 8.78 Å². The van der Waals surface area contributed by atoms with Crippen molar-refractivity contribution in [3.05, 3.63) is 53.1 Å². The predicted molar refractivity (Wildman–Crippen MR) is 58.5 cm³/mol. The summed E-state index contributed by atoms with van der Waals surface area (Å²) >= 11 is 0. The minimum Gasteiger partial charge on any atom is -0.348 e. The van der Waals surface area contributed by atoms with Crippen LogP contribution in [0.3, 0.4) is 0 Å². The number of rotatable bonds is 1. The number of hydrogen-bond acceptors (Lipinski definition) is 2. The van der Waals surface area contributed by atoms with Gasteiger partial charge in [0.1, 0.15) is 11.6 Å². The molecule has 0 saturated heterocycles. The highest BCUT2D eigenvalue weighted by molar-refractivity contribution is 5.33. The quantitative estimate of drug-likeness (QED) is 0.792. The molecule has 1 aliphatic heterocycles. The van der Waals surface area contributed by atoms with E-state index in [2.05, 4.69) is 15.3 Å². The molecule has 2 aromatic rings. The van der Waals surface area contributed by atoms with Crippen LogP contribution in [0.1, 0.15) is 23.0 Å². The monoisotopic (exact) mass is 235 g/mol. The van der Waals surface area contributed by atoms with Crippen LogP contribution in [0.2, 0.25) is 0 Å². The number of fused-ring (bicyclic) bond motifs is 1.